The molecule has 0 aromatic heterocycles. The number of hydrogen-bond donors (Lipinski definition) is 0. The molecule has 0 spiro atoms. The smallest absolute Gasteiger partial charge is 0.280 e. The fourth-order valence-electron chi connectivity index (χ4n) is 1.99. The van der Waals surface area contributed by atoms with Crippen LogP contribution >= 0.6 is 11.6 Å². The van der Waals surface area contributed by atoms with Gasteiger partial charge in [-0.25, -0.2) is 0 Å². The highest BCUT2D eigenvalue weighted by Crippen LogP contribution is 2.29. The van der Waals surface area contributed by atoms with Crippen molar-refractivity contribution in [3.8, 4) is 11.8 Å². The summed E-state index contributed by atoms with van der Waals surface area (Å²) in [5.74, 6) is 3.97. The van der Waals surface area contributed by atoms with E-state index in [1.807, 2.05) is 5.92 Å². The molecule has 0 heterocycles. The first-order chi connectivity index (χ1) is 10.5. The molecule has 0 atom stereocenters. The van der Waals surface area contributed by atoms with Crippen LogP contribution in [0.15, 0.2) is 48.5 Å². The van der Waals surface area contributed by atoms with Gasteiger partial charge in [-0.1, -0.05) is 29.7 Å². The predicted octanol–water partition coefficient (Wildman–Crippen LogP) is 4.64. The minimum atomic E-state index is -2.73. The second kappa shape index (κ2) is 7.06. The van der Waals surface area contributed by atoms with E-state index in [0.717, 1.165) is 0 Å². The molecule has 2 rings (SSSR count). The van der Waals surface area contributed by atoms with Crippen LogP contribution in [-0.2, 0) is 4.79 Å². The number of para-hydroxylation sites is 1. The summed E-state index contributed by atoms with van der Waals surface area (Å²) in [7, 11) is 0. The minimum absolute atomic E-state index is 0.256. The third kappa shape index (κ3) is 3.84. The molecule has 2 nitrogen and oxygen atoms in total. The molecule has 0 saturated carbocycles. The van der Waals surface area contributed by atoms with Crippen LogP contribution in [0.25, 0.3) is 0 Å². The number of hydrogen-bond acceptors (Lipinski definition) is 1. The zero-order valence-electron chi connectivity index (χ0n) is 11.7. The van der Waals surface area contributed by atoms with Crippen molar-refractivity contribution in [3.63, 3.8) is 0 Å². The molecule has 2 aromatic carbocycles. The average Bonchev–Trinajstić information content (AvgIpc) is 2.48. The predicted molar refractivity (Wildman–Crippen MR) is 83.6 cm³/mol. The molecule has 0 N–H and O–H groups in total. The van der Waals surface area contributed by atoms with Crippen LogP contribution < -0.4 is 4.90 Å². The van der Waals surface area contributed by atoms with E-state index < -0.39 is 6.43 Å². The van der Waals surface area contributed by atoms with Gasteiger partial charge in [0, 0.05) is 23.2 Å². The highest BCUT2D eigenvalue weighted by atomic mass is 35.5. The molecular formula is C17H12ClF2NO. The molecule has 2 aromatic rings. The Morgan fingerprint density at radius 1 is 1.14 bits per heavy atom. The van der Waals surface area contributed by atoms with Crippen molar-refractivity contribution in [1.29, 1.82) is 0 Å². The average molecular weight is 320 g/mol. The molecule has 0 aliphatic rings. The Balaban J connectivity index is 2.53. The van der Waals surface area contributed by atoms with Crippen molar-refractivity contribution < 1.29 is 13.6 Å². The lowest BCUT2D eigenvalue weighted by Gasteiger charge is -2.22. The van der Waals surface area contributed by atoms with Crippen LogP contribution in [0.5, 0.6) is 0 Å². The fraction of sp³-hybridized carbons (Fsp3) is 0.118. The van der Waals surface area contributed by atoms with Gasteiger partial charge < -0.3 is 0 Å². The Hall–Kier alpha value is -2.38. The van der Waals surface area contributed by atoms with Crippen LogP contribution in [0.2, 0.25) is 5.02 Å². The zero-order chi connectivity index (χ0) is 16.1. The van der Waals surface area contributed by atoms with E-state index in [0.29, 0.717) is 22.0 Å². The SMILES string of the molecule is CC(=O)N(c1ccc(Cl)cc1)c1ccccc1C#CC(F)F. The highest BCUT2D eigenvalue weighted by Gasteiger charge is 2.16. The normalized spacial score (nSPS) is 10.0. The van der Waals surface area contributed by atoms with Gasteiger partial charge in [-0.2, -0.15) is 8.78 Å². The Labute approximate surface area is 132 Å². The lowest BCUT2D eigenvalue weighted by molar-refractivity contribution is -0.115. The number of amides is 1. The van der Waals surface area contributed by atoms with Crippen LogP contribution in [0.4, 0.5) is 20.2 Å². The number of carbonyl (C=O) groups is 1. The summed E-state index contributed by atoms with van der Waals surface area (Å²) in [6, 6.07) is 13.3. The monoisotopic (exact) mass is 319 g/mol. The number of anilines is 2. The van der Waals surface area contributed by atoms with Crippen molar-refractivity contribution in [2.75, 3.05) is 4.90 Å². The van der Waals surface area contributed by atoms with E-state index in [1.165, 1.54) is 11.8 Å². The van der Waals surface area contributed by atoms with E-state index in [1.54, 1.807) is 48.5 Å². The maximum atomic E-state index is 12.3. The van der Waals surface area contributed by atoms with Crippen molar-refractivity contribution in [2.24, 2.45) is 0 Å². The number of carbonyl (C=O) groups excluding carboxylic acids is 1. The molecule has 1 amide bonds. The molecule has 0 saturated heterocycles. The van der Waals surface area contributed by atoms with E-state index in [-0.39, 0.29) is 5.91 Å². The topological polar surface area (TPSA) is 20.3 Å². The summed E-state index contributed by atoms with van der Waals surface area (Å²) < 4.78 is 24.6. The lowest BCUT2D eigenvalue weighted by atomic mass is 10.1. The first kappa shape index (κ1) is 16.0. The fourth-order valence-corrected chi connectivity index (χ4v) is 2.11. The van der Waals surface area contributed by atoms with E-state index >= 15 is 0 Å². The summed E-state index contributed by atoms with van der Waals surface area (Å²) in [5, 5.41) is 0.540. The second-order valence-electron chi connectivity index (χ2n) is 4.42. The minimum Gasteiger partial charge on any atom is -0.280 e. The van der Waals surface area contributed by atoms with Gasteiger partial charge in [0.2, 0.25) is 5.91 Å². The number of nitrogens with zero attached hydrogens (tertiary/aromatic N) is 1. The molecule has 0 radical (unpaired) electrons. The molecule has 5 heteroatoms. The van der Waals surface area contributed by atoms with E-state index in [9.17, 15) is 13.6 Å². The summed E-state index contributed by atoms with van der Waals surface area (Å²) in [5.41, 5.74) is 1.39. The van der Waals surface area contributed by atoms with Crippen LogP contribution in [0.1, 0.15) is 12.5 Å². The molecule has 0 unspecified atom stereocenters. The van der Waals surface area contributed by atoms with Gasteiger partial charge in [0.05, 0.1) is 5.69 Å². The molecule has 0 aliphatic carbocycles. The lowest BCUT2D eigenvalue weighted by Crippen LogP contribution is -2.23. The number of rotatable bonds is 2. The maximum Gasteiger partial charge on any atom is 0.299 e. The molecular weight excluding hydrogens is 308 g/mol. The van der Waals surface area contributed by atoms with Crippen molar-refractivity contribution >= 4 is 28.9 Å². The number of alkyl halides is 2. The quantitative estimate of drug-likeness (QED) is 0.738. The Bertz CT molecular complexity index is 732. The van der Waals surface area contributed by atoms with E-state index in [4.69, 9.17) is 11.6 Å². The van der Waals surface area contributed by atoms with Gasteiger partial charge in [0.25, 0.3) is 6.43 Å². The van der Waals surface area contributed by atoms with Crippen LogP contribution in [0.3, 0.4) is 0 Å². The number of benzene rings is 2. The Kier molecular flexibility index (Phi) is 5.13. The van der Waals surface area contributed by atoms with Gasteiger partial charge in [-0.05, 0) is 42.3 Å². The third-order valence-corrected chi connectivity index (χ3v) is 3.11. The van der Waals surface area contributed by atoms with Crippen LogP contribution in [0, 0.1) is 11.8 Å². The zero-order valence-corrected chi connectivity index (χ0v) is 12.4. The Morgan fingerprint density at radius 3 is 2.36 bits per heavy atom. The molecule has 22 heavy (non-hydrogen) atoms. The largest absolute Gasteiger partial charge is 0.299 e. The van der Waals surface area contributed by atoms with Crippen molar-refractivity contribution in [1.82, 2.24) is 0 Å². The third-order valence-electron chi connectivity index (χ3n) is 2.86. The van der Waals surface area contributed by atoms with Crippen molar-refractivity contribution in [3.05, 3.63) is 59.1 Å². The first-order valence-corrected chi connectivity index (χ1v) is 6.82. The second-order valence-corrected chi connectivity index (χ2v) is 4.85. The van der Waals surface area contributed by atoms with Gasteiger partial charge in [-0.15, -0.1) is 0 Å². The highest BCUT2D eigenvalue weighted by molar-refractivity contribution is 6.30. The summed E-state index contributed by atoms with van der Waals surface area (Å²) in [4.78, 5) is 13.4. The molecule has 0 fully saturated rings. The summed E-state index contributed by atoms with van der Waals surface area (Å²) >= 11 is 5.85. The molecule has 112 valence electrons. The number of halogens is 3. The van der Waals surface area contributed by atoms with Gasteiger partial charge >= 0.3 is 0 Å². The van der Waals surface area contributed by atoms with E-state index in [2.05, 4.69) is 5.92 Å². The van der Waals surface area contributed by atoms with Crippen molar-refractivity contribution in [2.45, 2.75) is 13.3 Å². The standard InChI is InChI=1S/C17H12ClF2NO/c1-12(22)21(15-9-7-14(18)8-10-15)16-5-3-2-4-13(16)6-11-17(19)20/h2-5,7-10,17H,1H3. The molecule has 0 aliphatic heterocycles. The van der Waals surface area contributed by atoms with Gasteiger partial charge in [-0.3, -0.25) is 9.69 Å². The van der Waals surface area contributed by atoms with Crippen LogP contribution in [-0.4, -0.2) is 12.3 Å². The van der Waals surface area contributed by atoms with Gasteiger partial charge in [0.1, 0.15) is 0 Å². The molecule has 0 bridgehead atoms. The van der Waals surface area contributed by atoms with Gasteiger partial charge in [0.15, 0.2) is 0 Å². The first-order valence-electron chi connectivity index (χ1n) is 6.44. The summed E-state index contributed by atoms with van der Waals surface area (Å²) in [6.45, 7) is 1.39. The Morgan fingerprint density at radius 2 is 1.77 bits per heavy atom. The maximum absolute atomic E-state index is 12.3. The summed E-state index contributed by atoms with van der Waals surface area (Å²) in [6.07, 6.45) is -2.73.